The number of nitrogens with zero attached hydrogens (tertiary/aromatic N) is 1. The van der Waals surface area contributed by atoms with Crippen molar-refractivity contribution in [2.24, 2.45) is 4.99 Å². The molecule has 0 spiro atoms. The van der Waals surface area contributed by atoms with Gasteiger partial charge in [-0.05, 0) is 0 Å². The van der Waals surface area contributed by atoms with Crippen LogP contribution in [0.4, 0.5) is 0 Å². The fourth-order valence-electron chi connectivity index (χ4n) is 1.05. The molecule has 17 heavy (non-hydrogen) atoms. The Balaban J connectivity index is 4.66. The lowest BCUT2D eigenvalue weighted by molar-refractivity contribution is -0.117. The fourth-order valence-corrected chi connectivity index (χ4v) is 1.05. The Kier molecular flexibility index (Phi) is 8.21. The predicted octanol–water partition coefficient (Wildman–Crippen LogP) is -0.152. The zero-order valence-corrected chi connectivity index (χ0v) is 10.1. The number of hydrogen-bond acceptors (Lipinski definition) is 6. The molecule has 0 amide bonds. The van der Waals surface area contributed by atoms with E-state index in [1.54, 1.807) is 6.92 Å². The maximum Gasteiger partial charge on any atom is 0.193 e. The van der Waals surface area contributed by atoms with Gasteiger partial charge >= 0.3 is 0 Å². The fraction of sp³-hybridized carbons (Fsp3) is 0.636. The molecule has 0 aliphatic rings. The molecule has 6 nitrogen and oxygen atoms in total. The molecule has 0 heterocycles. The van der Waals surface area contributed by atoms with Gasteiger partial charge in [-0.1, -0.05) is 6.92 Å². The number of aliphatic hydroxyl groups excluding tert-OH is 3. The first-order chi connectivity index (χ1) is 8.10. The van der Waals surface area contributed by atoms with E-state index in [1.807, 2.05) is 0 Å². The maximum absolute atomic E-state index is 11.3. The number of ether oxygens (including phenoxy) is 1. The Morgan fingerprint density at radius 3 is 2.53 bits per heavy atom. The summed E-state index contributed by atoms with van der Waals surface area (Å²) in [4.78, 5) is 15.2. The maximum atomic E-state index is 11.3. The van der Waals surface area contributed by atoms with Crippen molar-refractivity contribution < 1.29 is 24.9 Å². The molecule has 1 atom stereocenters. The van der Waals surface area contributed by atoms with Crippen molar-refractivity contribution in [3.63, 3.8) is 0 Å². The van der Waals surface area contributed by atoms with Gasteiger partial charge in [0.05, 0.1) is 24.8 Å². The van der Waals surface area contributed by atoms with Crippen LogP contribution in [0.2, 0.25) is 0 Å². The molecule has 0 fully saturated rings. The van der Waals surface area contributed by atoms with Crippen LogP contribution in [0.15, 0.2) is 16.3 Å². The second kappa shape index (κ2) is 8.86. The minimum Gasteiger partial charge on any atom is -0.512 e. The van der Waals surface area contributed by atoms with Crippen molar-refractivity contribution >= 4 is 12.0 Å². The number of Topliss-reactive ketones (excluding diaryl/α,β-unsaturated/α-hetero) is 1. The third kappa shape index (κ3) is 5.58. The van der Waals surface area contributed by atoms with Crippen molar-refractivity contribution in [2.45, 2.75) is 19.4 Å². The van der Waals surface area contributed by atoms with E-state index in [4.69, 9.17) is 14.9 Å². The van der Waals surface area contributed by atoms with Gasteiger partial charge in [0, 0.05) is 19.7 Å². The summed E-state index contributed by atoms with van der Waals surface area (Å²) in [6.45, 7) is 0.991. The summed E-state index contributed by atoms with van der Waals surface area (Å²) in [5.74, 6) is -0.711. The first kappa shape index (κ1) is 15.8. The molecule has 0 aromatic carbocycles. The normalized spacial score (nSPS) is 14.8. The van der Waals surface area contributed by atoms with Crippen LogP contribution in [-0.2, 0) is 9.53 Å². The molecule has 1 unspecified atom stereocenters. The molecule has 6 heteroatoms. The average Bonchev–Trinajstić information content (AvgIpc) is 2.37. The number of aliphatic hydroxyl groups is 3. The summed E-state index contributed by atoms with van der Waals surface area (Å²) in [5.41, 5.74) is -0.0113. The van der Waals surface area contributed by atoms with E-state index in [2.05, 4.69) is 4.99 Å². The number of ketones is 1. The highest BCUT2D eigenvalue weighted by Gasteiger charge is 2.11. The van der Waals surface area contributed by atoms with Crippen LogP contribution in [0.1, 0.15) is 13.3 Å². The van der Waals surface area contributed by atoms with Crippen LogP contribution in [-0.4, -0.2) is 60.3 Å². The molecule has 0 aromatic rings. The van der Waals surface area contributed by atoms with Gasteiger partial charge in [-0.3, -0.25) is 9.79 Å². The number of rotatable bonds is 8. The van der Waals surface area contributed by atoms with Crippen LogP contribution in [0.5, 0.6) is 0 Å². The van der Waals surface area contributed by atoms with Gasteiger partial charge in [-0.25, -0.2) is 0 Å². The second-order valence-corrected chi connectivity index (χ2v) is 3.33. The molecule has 0 radical (unpaired) electrons. The Bertz CT molecular complexity index is 294. The Labute approximate surface area is 100 Å². The lowest BCUT2D eigenvalue weighted by atomic mass is 10.1. The molecule has 0 saturated carbocycles. The standard InChI is InChI=1S/C11H19NO5/c1-3-10(15)9(11(16)7-14)5-12-4-8(6-13)17-2/h5,8,13-15H,3-4,6-7H2,1-2H3. The Hall–Kier alpha value is -1.24. The minimum absolute atomic E-state index is 0.0113. The molecule has 0 aromatic heterocycles. The molecular formula is C11H19NO5. The van der Waals surface area contributed by atoms with Gasteiger partial charge in [0.25, 0.3) is 0 Å². The Morgan fingerprint density at radius 1 is 1.47 bits per heavy atom. The highest BCUT2D eigenvalue weighted by atomic mass is 16.5. The van der Waals surface area contributed by atoms with Crippen LogP contribution in [0.3, 0.4) is 0 Å². The predicted molar refractivity (Wildman–Crippen MR) is 63.3 cm³/mol. The molecule has 0 bridgehead atoms. The van der Waals surface area contributed by atoms with Gasteiger partial charge in [-0.2, -0.15) is 0 Å². The number of allylic oxidation sites excluding steroid dienone is 1. The number of hydrogen-bond donors (Lipinski definition) is 3. The molecule has 0 aliphatic heterocycles. The van der Waals surface area contributed by atoms with Crippen molar-refractivity contribution in [3.05, 3.63) is 11.3 Å². The average molecular weight is 245 g/mol. The summed E-state index contributed by atoms with van der Waals surface area (Å²) < 4.78 is 4.88. The van der Waals surface area contributed by atoms with Crippen LogP contribution < -0.4 is 0 Å². The minimum atomic E-state index is -0.681. The van der Waals surface area contributed by atoms with Crippen molar-refractivity contribution in [1.29, 1.82) is 0 Å². The van der Waals surface area contributed by atoms with Gasteiger partial charge in [-0.15, -0.1) is 0 Å². The summed E-state index contributed by atoms with van der Waals surface area (Å²) >= 11 is 0. The third-order valence-electron chi connectivity index (χ3n) is 2.16. The van der Waals surface area contributed by atoms with Gasteiger partial charge < -0.3 is 20.1 Å². The van der Waals surface area contributed by atoms with Gasteiger partial charge in [0.1, 0.15) is 12.4 Å². The SMILES string of the molecule is CCC(O)=C(C=NCC(CO)OC)C(=O)CO. The van der Waals surface area contributed by atoms with E-state index >= 15 is 0 Å². The van der Waals surface area contributed by atoms with Crippen molar-refractivity contribution in [1.82, 2.24) is 0 Å². The summed E-state index contributed by atoms with van der Waals surface area (Å²) in [6.07, 6.45) is 1.03. The molecule has 0 aliphatic carbocycles. The zero-order chi connectivity index (χ0) is 13.3. The van der Waals surface area contributed by atoms with Gasteiger partial charge in [0.15, 0.2) is 5.78 Å². The smallest absolute Gasteiger partial charge is 0.193 e. The lowest BCUT2D eigenvalue weighted by Gasteiger charge is -2.08. The second-order valence-electron chi connectivity index (χ2n) is 3.33. The van der Waals surface area contributed by atoms with Crippen LogP contribution >= 0.6 is 0 Å². The molecule has 0 rings (SSSR count). The zero-order valence-electron chi connectivity index (χ0n) is 10.1. The summed E-state index contributed by atoms with van der Waals surface area (Å²) in [7, 11) is 1.44. The first-order valence-corrected chi connectivity index (χ1v) is 5.30. The molecule has 98 valence electrons. The number of aliphatic imine (C=N–C) groups is 1. The molecular weight excluding hydrogens is 226 g/mol. The van der Waals surface area contributed by atoms with E-state index in [0.717, 1.165) is 0 Å². The first-order valence-electron chi connectivity index (χ1n) is 5.30. The number of methoxy groups -OCH3 is 1. The van der Waals surface area contributed by atoms with Crippen molar-refractivity contribution in [3.8, 4) is 0 Å². The summed E-state index contributed by atoms with van der Waals surface area (Å²) in [6, 6.07) is 0. The highest BCUT2D eigenvalue weighted by Crippen LogP contribution is 2.05. The largest absolute Gasteiger partial charge is 0.512 e. The Morgan fingerprint density at radius 2 is 2.12 bits per heavy atom. The highest BCUT2D eigenvalue weighted by molar-refractivity contribution is 6.14. The summed E-state index contributed by atoms with van der Waals surface area (Å²) in [5, 5.41) is 27.0. The van der Waals surface area contributed by atoms with E-state index < -0.39 is 18.5 Å². The van der Waals surface area contributed by atoms with Crippen molar-refractivity contribution in [2.75, 3.05) is 26.9 Å². The number of carbonyl (C=O) groups excluding carboxylic acids is 1. The van der Waals surface area contributed by atoms with E-state index in [-0.39, 0.29) is 30.9 Å². The van der Waals surface area contributed by atoms with E-state index in [9.17, 15) is 9.90 Å². The third-order valence-corrected chi connectivity index (χ3v) is 2.16. The number of carbonyl (C=O) groups is 1. The van der Waals surface area contributed by atoms with Crippen LogP contribution in [0.25, 0.3) is 0 Å². The van der Waals surface area contributed by atoms with Crippen LogP contribution in [0, 0.1) is 0 Å². The molecule has 3 N–H and O–H groups in total. The lowest BCUT2D eigenvalue weighted by Crippen LogP contribution is -2.19. The quantitative estimate of drug-likeness (QED) is 0.314. The van der Waals surface area contributed by atoms with E-state index in [0.29, 0.717) is 0 Å². The van der Waals surface area contributed by atoms with E-state index in [1.165, 1.54) is 13.3 Å². The topological polar surface area (TPSA) is 99.4 Å². The van der Waals surface area contributed by atoms with Gasteiger partial charge in [0.2, 0.25) is 0 Å². The molecule has 0 saturated heterocycles. The monoisotopic (exact) mass is 245 g/mol.